The Morgan fingerprint density at radius 3 is 2.77 bits per heavy atom. The van der Waals surface area contributed by atoms with Gasteiger partial charge in [0, 0.05) is 6.61 Å². The van der Waals surface area contributed by atoms with Crippen molar-refractivity contribution in [2.24, 2.45) is 0 Å². The average molecular weight is 182 g/mol. The van der Waals surface area contributed by atoms with E-state index in [4.69, 9.17) is 4.74 Å². The van der Waals surface area contributed by atoms with Crippen LogP contribution in [-0.4, -0.2) is 23.2 Å². The summed E-state index contributed by atoms with van der Waals surface area (Å²) in [6, 6.07) is 0. The molecule has 0 atom stereocenters. The summed E-state index contributed by atoms with van der Waals surface area (Å²) in [5, 5.41) is 0. The van der Waals surface area contributed by atoms with Crippen LogP contribution in [0.4, 0.5) is 4.39 Å². The second kappa shape index (κ2) is 5.37. The van der Waals surface area contributed by atoms with Gasteiger partial charge in [0.15, 0.2) is 11.6 Å². The Morgan fingerprint density at radius 2 is 2.15 bits per heavy atom. The van der Waals surface area contributed by atoms with Gasteiger partial charge in [-0.25, -0.2) is 14.4 Å². The average Bonchev–Trinajstić information content (AvgIpc) is 2.15. The monoisotopic (exact) mass is 182 g/mol. The third kappa shape index (κ3) is 3.75. The maximum Gasteiger partial charge on any atom is 0.159 e. The van der Waals surface area contributed by atoms with Gasteiger partial charge in [0.1, 0.15) is 0 Å². The second-order valence-corrected chi connectivity index (χ2v) is 2.32. The SMILES string of the molecule is CCOC/C=C/c1ncc(F)cn1. The number of ether oxygens (including phenoxy) is 1. The van der Waals surface area contributed by atoms with Gasteiger partial charge in [0.2, 0.25) is 0 Å². The van der Waals surface area contributed by atoms with Gasteiger partial charge in [0.05, 0.1) is 19.0 Å². The Hall–Kier alpha value is -1.29. The van der Waals surface area contributed by atoms with Gasteiger partial charge in [-0.2, -0.15) is 0 Å². The molecule has 0 aliphatic carbocycles. The van der Waals surface area contributed by atoms with E-state index < -0.39 is 5.82 Å². The number of halogens is 1. The molecule has 1 aromatic rings. The van der Waals surface area contributed by atoms with E-state index in [1.807, 2.05) is 6.92 Å². The van der Waals surface area contributed by atoms with Crippen molar-refractivity contribution in [3.8, 4) is 0 Å². The summed E-state index contributed by atoms with van der Waals surface area (Å²) in [6.07, 6.45) is 5.74. The van der Waals surface area contributed by atoms with Crippen molar-refractivity contribution in [1.29, 1.82) is 0 Å². The number of nitrogens with zero attached hydrogens (tertiary/aromatic N) is 2. The summed E-state index contributed by atoms with van der Waals surface area (Å²) < 4.78 is 17.4. The molecule has 3 nitrogen and oxygen atoms in total. The van der Waals surface area contributed by atoms with Gasteiger partial charge >= 0.3 is 0 Å². The Labute approximate surface area is 76.3 Å². The predicted molar refractivity (Wildman–Crippen MR) is 47.5 cm³/mol. The fourth-order valence-electron chi connectivity index (χ4n) is 0.748. The zero-order valence-electron chi connectivity index (χ0n) is 7.40. The van der Waals surface area contributed by atoms with Gasteiger partial charge in [0.25, 0.3) is 0 Å². The van der Waals surface area contributed by atoms with E-state index in [-0.39, 0.29) is 0 Å². The van der Waals surface area contributed by atoms with E-state index in [1.54, 1.807) is 12.2 Å². The lowest BCUT2D eigenvalue weighted by Gasteiger charge is -1.93. The normalized spacial score (nSPS) is 10.9. The highest BCUT2D eigenvalue weighted by Gasteiger charge is 1.90. The predicted octanol–water partition coefficient (Wildman–Crippen LogP) is 1.67. The zero-order valence-corrected chi connectivity index (χ0v) is 7.40. The first-order valence-electron chi connectivity index (χ1n) is 4.04. The van der Waals surface area contributed by atoms with Crippen molar-refractivity contribution in [3.05, 3.63) is 30.1 Å². The summed E-state index contributed by atoms with van der Waals surface area (Å²) in [7, 11) is 0. The first kappa shape index (κ1) is 9.80. The number of rotatable bonds is 4. The smallest absolute Gasteiger partial charge is 0.159 e. The van der Waals surface area contributed by atoms with Gasteiger partial charge in [-0.15, -0.1) is 0 Å². The minimum atomic E-state index is -0.429. The van der Waals surface area contributed by atoms with E-state index in [1.165, 1.54) is 0 Å². The van der Waals surface area contributed by atoms with Crippen molar-refractivity contribution in [1.82, 2.24) is 9.97 Å². The molecule has 0 fully saturated rings. The minimum Gasteiger partial charge on any atom is -0.378 e. The first-order valence-corrected chi connectivity index (χ1v) is 4.04. The zero-order chi connectivity index (χ0) is 9.52. The molecule has 0 amide bonds. The van der Waals surface area contributed by atoms with Crippen molar-refractivity contribution >= 4 is 6.08 Å². The summed E-state index contributed by atoms with van der Waals surface area (Å²) in [5.74, 6) is 0.0584. The summed E-state index contributed by atoms with van der Waals surface area (Å²) in [5.41, 5.74) is 0. The summed E-state index contributed by atoms with van der Waals surface area (Å²) in [4.78, 5) is 7.49. The Bertz CT molecular complexity index is 271. The molecule has 70 valence electrons. The number of hydrogen-bond donors (Lipinski definition) is 0. The molecule has 0 radical (unpaired) electrons. The molecule has 0 N–H and O–H groups in total. The van der Waals surface area contributed by atoms with Crippen LogP contribution >= 0.6 is 0 Å². The van der Waals surface area contributed by atoms with Gasteiger partial charge in [-0.05, 0) is 13.0 Å². The molecule has 0 aliphatic heterocycles. The highest BCUT2D eigenvalue weighted by molar-refractivity contribution is 5.38. The Kier molecular flexibility index (Phi) is 4.05. The highest BCUT2D eigenvalue weighted by Crippen LogP contribution is 1.95. The third-order valence-corrected chi connectivity index (χ3v) is 1.33. The molecule has 0 unspecified atom stereocenters. The van der Waals surface area contributed by atoms with Crippen LogP contribution in [0.15, 0.2) is 18.5 Å². The standard InChI is InChI=1S/C9H11FN2O/c1-2-13-5-3-4-9-11-6-8(10)7-12-9/h3-4,6-7H,2,5H2,1H3/b4-3+. The molecule has 1 aromatic heterocycles. The van der Waals surface area contributed by atoms with Gasteiger partial charge in [-0.1, -0.05) is 6.08 Å². The van der Waals surface area contributed by atoms with Gasteiger partial charge < -0.3 is 4.74 Å². The molecule has 0 aromatic carbocycles. The highest BCUT2D eigenvalue weighted by atomic mass is 19.1. The largest absolute Gasteiger partial charge is 0.378 e. The van der Waals surface area contributed by atoms with E-state index in [0.29, 0.717) is 19.0 Å². The van der Waals surface area contributed by atoms with Crippen LogP contribution in [0.25, 0.3) is 6.08 Å². The van der Waals surface area contributed by atoms with E-state index in [0.717, 1.165) is 12.4 Å². The molecule has 4 heteroatoms. The molecular formula is C9H11FN2O. The van der Waals surface area contributed by atoms with Crippen molar-refractivity contribution in [2.75, 3.05) is 13.2 Å². The van der Waals surface area contributed by atoms with E-state index in [2.05, 4.69) is 9.97 Å². The fraction of sp³-hybridized carbons (Fsp3) is 0.333. The lowest BCUT2D eigenvalue weighted by atomic mass is 10.4. The topological polar surface area (TPSA) is 35.0 Å². The first-order chi connectivity index (χ1) is 6.33. The van der Waals surface area contributed by atoms with Crippen molar-refractivity contribution in [2.45, 2.75) is 6.92 Å². The molecule has 1 rings (SSSR count). The van der Waals surface area contributed by atoms with E-state index in [9.17, 15) is 4.39 Å². The van der Waals surface area contributed by atoms with Crippen LogP contribution < -0.4 is 0 Å². The minimum absolute atomic E-state index is 0.429. The van der Waals surface area contributed by atoms with Crippen LogP contribution in [-0.2, 0) is 4.74 Å². The van der Waals surface area contributed by atoms with Crippen LogP contribution in [0.5, 0.6) is 0 Å². The summed E-state index contributed by atoms with van der Waals surface area (Å²) >= 11 is 0. The van der Waals surface area contributed by atoms with Crippen LogP contribution in [0.3, 0.4) is 0 Å². The van der Waals surface area contributed by atoms with Crippen molar-refractivity contribution in [3.63, 3.8) is 0 Å². The third-order valence-electron chi connectivity index (χ3n) is 1.33. The van der Waals surface area contributed by atoms with Crippen molar-refractivity contribution < 1.29 is 9.13 Å². The maximum absolute atomic E-state index is 12.4. The molecular weight excluding hydrogens is 171 g/mol. The second-order valence-electron chi connectivity index (χ2n) is 2.32. The maximum atomic E-state index is 12.4. The lowest BCUT2D eigenvalue weighted by Crippen LogP contribution is -1.90. The fourth-order valence-corrected chi connectivity index (χ4v) is 0.748. The Morgan fingerprint density at radius 1 is 1.46 bits per heavy atom. The Balaban J connectivity index is 2.44. The van der Waals surface area contributed by atoms with E-state index >= 15 is 0 Å². The molecule has 13 heavy (non-hydrogen) atoms. The molecule has 0 bridgehead atoms. The van der Waals surface area contributed by atoms with Crippen LogP contribution in [0.1, 0.15) is 12.7 Å². The van der Waals surface area contributed by atoms with Crippen LogP contribution in [0.2, 0.25) is 0 Å². The van der Waals surface area contributed by atoms with Gasteiger partial charge in [-0.3, -0.25) is 0 Å². The molecule has 1 heterocycles. The molecule has 0 aliphatic rings. The quantitative estimate of drug-likeness (QED) is 0.664. The lowest BCUT2D eigenvalue weighted by molar-refractivity contribution is 0.178. The number of hydrogen-bond acceptors (Lipinski definition) is 3. The van der Waals surface area contributed by atoms with Crippen LogP contribution in [0, 0.1) is 5.82 Å². The number of aromatic nitrogens is 2. The summed E-state index contributed by atoms with van der Waals surface area (Å²) in [6.45, 7) is 3.12. The molecule has 0 spiro atoms. The molecule has 0 saturated heterocycles. The molecule has 0 saturated carbocycles.